The van der Waals surface area contributed by atoms with Crippen LogP contribution in [0.15, 0.2) is 0 Å². The smallest absolute Gasteiger partial charge is 0.407 e. The van der Waals surface area contributed by atoms with E-state index >= 15 is 0 Å². The maximum atomic E-state index is 12.7. The van der Waals surface area contributed by atoms with Crippen LogP contribution in [0, 0.1) is 5.41 Å². The molecule has 0 aromatic carbocycles. The molecule has 1 atom stereocenters. The van der Waals surface area contributed by atoms with Crippen LogP contribution in [-0.4, -0.2) is 52.9 Å². The lowest BCUT2D eigenvalue weighted by Gasteiger charge is -2.30. The average molecular weight is 359 g/mol. The predicted molar refractivity (Wildman–Crippen MR) is 95.0 cm³/mol. The van der Waals surface area contributed by atoms with Gasteiger partial charge in [0.2, 0.25) is 5.91 Å². The fraction of sp³-hybridized carbons (Fsp3) is 0.882. The minimum Gasteiger partial charge on any atom is -0.444 e. The largest absolute Gasteiger partial charge is 0.444 e. The highest BCUT2D eigenvalue weighted by atomic mass is 32.2. The molecule has 0 radical (unpaired) electrons. The molecule has 0 aromatic rings. The molecule has 1 aliphatic heterocycles. The number of hydrogen-bond donors (Lipinski definition) is 3. The van der Waals surface area contributed by atoms with Gasteiger partial charge in [0.1, 0.15) is 5.60 Å². The quantitative estimate of drug-likeness (QED) is 0.700. The van der Waals surface area contributed by atoms with Gasteiger partial charge in [-0.2, -0.15) is 11.8 Å². The maximum Gasteiger partial charge on any atom is 0.407 e. The number of hydrogen-bond acceptors (Lipinski definition) is 5. The molecule has 2 amide bonds. The zero-order valence-electron chi connectivity index (χ0n) is 14.9. The Hall–Kier alpha value is -0.950. The number of carbonyl (C=O) groups excluding carboxylic acids is 2. The minimum atomic E-state index is -0.793. The molecule has 1 aliphatic carbocycles. The molecule has 2 rings (SSSR count). The predicted octanol–water partition coefficient (Wildman–Crippen LogP) is 2.06. The third-order valence-electron chi connectivity index (χ3n) is 4.67. The van der Waals surface area contributed by atoms with E-state index in [0.29, 0.717) is 12.2 Å². The Labute approximate surface area is 148 Å². The Kier molecular flexibility index (Phi) is 6.07. The number of nitrogens with one attached hydrogen (secondary N) is 2. The molecular weight excluding hydrogens is 328 g/mol. The second kappa shape index (κ2) is 7.52. The monoisotopic (exact) mass is 358 g/mol. The first-order chi connectivity index (χ1) is 11.1. The molecule has 0 bridgehead atoms. The first-order valence-electron chi connectivity index (χ1n) is 8.70. The highest BCUT2D eigenvalue weighted by Crippen LogP contribution is 2.38. The molecule has 2 aliphatic rings. The first kappa shape index (κ1) is 19.4. The molecule has 1 saturated carbocycles. The molecule has 24 heavy (non-hydrogen) atoms. The van der Waals surface area contributed by atoms with E-state index in [4.69, 9.17) is 4.74 Å². The van der Waals surface area contributed by atoms with Gasteiger partial charge >= 0.3 is 6.09 Å². The number of rotatable bonds is 5. The van der Waals surface area contributed by atoms with Gasteiger partial charge in [0.15, 0.2) is 0 Å². The van der Waals surface area contributed by atoms with Crippen molar-refractivity contribution >= 4 is 23.8 Å². The molecule has 0 aromatic heterocycles. The van der Waals surface area contributed by atoms with E-state index in [2.05, 4.69) is 10.6 Å². The van der Waals surface area contributed by atoms with Crippen molar-refractivity contribution in [1.29, 1.82) is 0 Å². The van der Waals surface area contributed by atoms with Gasteiger partial charge in [-0.05, 0) is 45.8 Å². The van der Waals surface area contributed by atoms with E-state index in [1.165, 1.54) is 0 Å². The Morgan fingerprint density at radius 3 is 2.33 bits per heavy atom. The van der Waals surface area contributed by atoms with Crippen molar-refractivity contribution in [2.75, 3.05) is 24.6 Å². The van der Waals surface area contributed by atoms with Crippen LogP contribution in [0.4, 0.5) is 4.79 Å². The molecule has 1 heterocycles. The molecule has 7 heteroatoms. The van der Waals surface area contributed by atoms with Crippen molar-refractivity contribution in [2.24, 2.45) is 5.41 Å². The van der Waals surface area contributed by atoms with Gasteiger partial charge in [-0.25, -0.2) is 4.79 Å². The fourth-order valence-corrected chi connectivity index (χ4v) is 4.55. The maximum absolute atomic E-state index is 12.7. The van der Waals surface area contributed by atoms with Crippen molar-refractivity contribution < 1.29 is 19.4 Å². The Balaban J connectivity index is 1.89. The fourth-order valence-electron chi connectivity index (χ4n) is 3.26. The van der Waals surface area contributed by atoms with E-state index in [0.717, 1.165) is 31.4 Å². The van der Waals surface area contributed by atoms with Gasteiger partial charge in [0.25, 0.3) is 0 Å². The summed E-state index contributed by atoms with van der Waals surface area (Å²) in [6.07, 6.45) is 3.67. The van der Waals surface area contributed by atoms with E-state index in [1.807, 2.05) is 20.8 Å². The lowest BCUT2D eigenvalue weighted by atomic mass is 9.84. The second-order valence-electron chi connectivity index (χ2n) is 8.05. The van der Waals surface area contributed by atoms with Crippen molar-refractivity contribution in [1.82, 2.24) is 10.6 Å². The molecule has 6 nitrogen and oxygen atoms in total. The number of carbonyl (C=O) groups is 2. The first-order valence-corrected chi connectivity index (χ1v) is 9.85. The van der Waals surface area contributed by atoms with Crippen LogP contribution in [0.25, 0.3) is 0 Å². The molecule has 0 spiro atoms. The highest BCUT2D eigenvalue weighted by molar-refractivity contribution is 7.99. The van der Waals surface area contributed by atoms with E-state index in [-0.39, 0.29) is 19.0 Å². The lowest BCUT2D eigenvalue weighted by Crippen LogP contribution is -2.51. The minimum absolute atomic E-state index is 0.0682. The number of alkyl carbamates (subject to hydrolysis) is 1. The Bertz CT molecular complexity index is 464. The Morgan fingerprint density at radius 1 is 1.12 bits per heavy atom. The standard InChI is InChI=1S/C17H30N2O4S/c1-15(2,3)23-14(21)19-10-16(6-4-5-7-16)13(20)18-11-17(22)8-9-24-12-17/h22H,4-12H2,1-3H3,(H,18,20)(H,19,21)/t17-/m1/s1. The summed E-state index contributed by atoms with van der Waals surface area (Å²) in [6.45, 7) is 5.99. The third kappa shape index (κ3) is 5.28. The number of amides is 2. The van der Waals surface area contributed by atoms with Crippen molar-refractivity contribution in [3.63, 3.8) is 0 Å². The summed E-state index contributed by atoms with van der Waals surface area (Å²) in [4.78, 5) is 24.6. The summed E-state index contributed by atoms with van der Waals surface area (Å²) in [6, 6.07) is 0. The number of aliphatic hydroxyl groups is 1. The summed E-state index contributed by atoms with van der Waals surface area (Å²) in [5.41, 5.74) is -1.93. The molecule has 138 valence electrons. The zero-order valence-corrected chi connectivity index (χ0v) is 15.8. The van der Waals surface area contributed by atoms with Crippen molar-refractivity contribution in [2.45, 2.75) is 64.1 Å². The van der Waals surface area contributed by atoms with E-state index in [1.54, 1.807) is 11.8 Å². The van der Waals surface area contributed by atoms with Gasteiger partial charge in [0, 0.05) is 18.8 Å². The molecule has 1 saturated heterocycles. The van der Waals surface area contributed by atoms with E-state index < -0.39 is 22.7 Å². The average Bonchev–Trinajstić information content (AvgIpc) is 3.11. The normalized spacial score (nSPS) is 26.2. The summed E-state index contributed by atoms with van der Waals surface area (Å²) in [5, 5.41) is 16.1. The topological polar surface area (TPSA) is 87.7 Å². The van der Waals surface area contributed by atoms with Crippen molar-refractivity contribution in [3.8, 4) is 0 Å². The van der Waals surface area contributed by atoms with Crippen LogP contribution in [0.5, 0.6) is 0 Å². The zero-order chi connectivity index (χ0) is 17.8. The van der Waals surface area contributed by atoms with Gasteiger partial charge in [-0.1, -0.05) is 12.8 Å². The van der Waals surface area contributed by atoms with E-state index in [9.17, 15) is 14.7 Å². The van der Waals surface area contributed by atoms with Gasteiger partial charge in [-0.15, -0.1) is 0 Å². The molecule has 2 fully saturated rings. The Morgan fingerprint density at radius 2 is 1.79 bits per heavy atom. The molecule has 0 unspecified atom stereocenters. The van der Waals surface area contributed by atoms with Gasteiger partial charge in [0.05, 0.1) is 11.0 Å². The van der Waals surface area contributed by atoms with Crippen LogP contribution in [0.1, 0.15) is 52.9 Å². The number of thioether (sulfide) groups is 1. The van der Waals surface area contributed by atoms with Crippen LogP contribution in [0.2, 0.25) is 0 Å². The molecule has 3 N–H and O–H groups in total. The van der Waals surface area contributed by atoms with Crippen LogP contribution >= 0.6 is 11.8 Å². The molecular formula is C17H30N2O4S. The highest BCUT2D eigenvalue weighted by Gasteiger charge is 2.43. The SMILES string of the molecule is CC(C)(C)OC(=O)NCC1(C(=O)NC[C@]2(O)CCSC2)CCCC1. The van der Waals surface area contributed by atoms with Crippen LogP contribution < -0.4 is 10.6 Å². The van der Waals surface area contributed by atoms with Gasteiger partial charge in [-0.3, -0.25) is 4.79 Å². The van der Waals surface area contributed by atoms with Crippen molar-refractivity contribution in [3.05, 3.63) is 0 Å². The third-order valence-corrected chi connectivity index (χ3v) is 5.91. The summed E-state index contributed by atoms with van der Waals surface area (Å²) >= 11 is 1.71. The van der Waals surface area contributed by atoms with Crippen LogP contribution in [-0.2, 0) is 9.53 Å². The summed E-state index contributed by atoms with van der Waals surface area (Å²) < 4.78 is 5.26. The second-order valence-corrected chi connectivity index (χ2v) is 9.16. The summed E-state index contributed by atoms with van der Waals surface area (Å²) in [5.74, 6) is 1.52. The van der Waals surface area contributed by atoms with Gasteiger partial charge < -0.3 is 20.5 Å². The van der Waals surface area contributed by atoms with Crippen LogP contribution in [0.3, 0.4) is 0 Å². The number of ether oxygens (including phenoxy) is 1. The summed E-state index contributed by atoms with van der Waals surface area (Å²) in [7, 11) is 0. The lowest BCUT2D eigenvalue weighted by molar-refractivity contribution is -0.131.